The summed E-state index contributed by atoms with van der Waals surface area (Å²) in [5.74, 6) is -0.971. The van der Waals surface area contributed by atoms with E-state index in [1.165, 1.54) is 17.7 Å². The summed E-state index contributed by atoms with van der Waals surface area (Å²) in [5, 5.41) is 8.70. The number of benzene rings is 1. The fourth-order valence-corrected chi connectivity index (χ4v) is 4.43. The molecule has 0 radical (unpaired) electrons. The van der Waals surface area contributed by atoms with Gasteiger partial charge in [-0.1, -0.05) is 30.3 Å². The lowest BCUT2D eigenvalue weighted by atomic mass is 10.1. The number of carbonyl (C=O) groups is 1. The van der Waals surface area contributed by atoms with Gasteiger partial charge in [0.25, 0.3) is 0 Å². The van der Waals surface area contributed by atoms with Gasteiger partial charge in [0.2, 0.25) is 10.0 Å². The molecular formula is C15H17NO4S2. The van der Waals surface area contributed by atoms with E-state index in [-0.39, 0.29) is 10.6 Å². The Bertz CT molecular complexity index is 723. The van der Waals surface area contributed by atoms with Gasteiger partial charge in [-0.15, -0.1) is 11.3 Å². The standard InChI is InChI=1S/C15H17NO4S2/c17-14(18)11-13-8-9-15(21-13)22(19,20)16-10-4-7-12-5-2-1-3-6-12/h1-3,5-6,8-9,16H,4,7,10-11H2,(H,17,18). The molecule has 0 unspecified atom stereocenters. The van der Waals surface area contributed by atoms with E-state index >= 15 is 0 Å². The topological polar surface area (TPSA) is 83.5 Å². The number of carboxylic acid groups (broad SMARTS) is 1. The van der Waals surface area contributed by atoms with Gasteiger partial charge in [0.1, 0.15) is 4.21 Å². The van der Waals surface area contributed by atoms with Crippen molar-refractivity contribution in [3.8, 4) is 0 Å². The molecule has 0 spiro atoms. The molecule has 0 fully saturated rings. The van der Waals surface area contributed by atoms with Crippen LogP contribution in [0.4, 0.5) is 0 Å². The molecule has 0 aliphatic carbocycles. The summed E-state index contributed by atoms with van der Waals surface area (Å²) in [5.41, 5.74) is 1.17. The minimum Gasteiger partial charge on any atom is -0.481 e. The van der Waals surface area contributed by atoms with Crippen LogP contribution in [0.15, 0.2) is 46.7 Å². The number of hydrogen-bond acceptors (Lipinski definition) is 4. The Morgan fingerprint density at radius 3 is 2.55 bits per heavy atom. The molecule has 2 aromatic rings. The van der Waals surface area contributed by atoms with Gasteiger partial charge in [0.15, 0.2) is 0 Å². The van der Waals surface area contributed by atoms with E-state index in [1.54, 1.807) is 0 Å². The fraction of sp³-hybridized carbons (Fsp3) is 0.267. The van der Waals surface area contributed by atoms with E-state index in [0.29, 0.717) is 17.8 Å². The third-order valence-corrected chi connectivity index (χ3v) is 6.04. The van der Waals surface area contributed by atoms with E-state index in [9.17, 15) is 13.2 Å². The summed E-state index contributed by atoms with van der Waals surface area (Å²) in [7, 11) is -3.55. The predicted molar refractivity (Wildman–Crippen MR) is 85.6 cm³/mol. The summed E-state index contributed by atoms with van der Waals surface area (Å²) < 4.78 is 26.9. The number of sulfonamides is 1. The summed E-state index contributed by atoms with van der Waals surface area (Å²) >= 11 is 0.991. The zero-order chi connectivity index (χ0) is 16.0. The SMILES string of the molecule is O=C(O)Cc1ccc(S(=O)(=O)NCCCc2ccccc2)s1. The number of carboxylic acids is 1. The average molecular weight is 339 g/mol. The lowest BCUT2D eigenvalue weighted by Crippen LogP contribution is -2.24. The maximum absolute atomic E-state index is 12.1. The highest BCUT2D eigenvalue weighted by molar-refractivity contribution is 7.91. The van der Waals surface area contributed by atoms with Crippen LogP contribution in [0.3, 0.4) is 0 Å². The van der Waals surface area contributed by atoms with Crippen molar-refractivity contribution in [3.63, 3.8) is 0 Å². The summed E-state index contributed by atoms with van der Waals surface area (Å²) in [6.45, 7) is 0.351. The van der Waals surface area contributed by atoms with Gasteiger partial charge < -0.3 is 5.11 Å². The second-order valence-corrected chi connectivity index (χ2v) is 7.94. The van der Waals surface area contributed by atoms with Gasteiger partial charge in [-0.25, -0.2) is 13.1 Å². The van der Waals surface area contributed by atoms with Crippen molar-refractivity contribution >= 4 is 27.3 Å². The highest BCUT2D eigenvalue weighted by Gasteiger charge is 2.16. The van der Waals surface area contributed by atoms with Crippen molar-refractivity contribution in [3.05, 3.63) is 52.9 Å². The molecule has 1 aromatic heterocycles. The molecule has 22 heavy (non-hydrogen) atoms. The molecule has 0 saturated heterocycles. The average Bonchev–Trinajstić information content (AvgIpc) is 2.93. The Kier molecular flexibility index (Phi) is 5.70. The van der Waals surface area contributed by atoms with E-state index in [1.807, 2.05) is 30.3 Å². The van der Waals surface area contributed by atoms with Crippen LogP contribution in [0.5, 0.6) is 0 Å². The normalized spacial score (nSPS) is 11.5. The lowest BCUT2D eigenvalue weighted by Gasteiger charge is -2.05. The number of aryl methyl sites for hydroxylation is 1. The van der Waals surface area contributed by atoms with Gasteiger partial charge in [0, 0.05) is 11.4 Å². The number of nitrogens with one attached hydrogen (secondary N) is 1. The van der Waals surface area contributed by atoms with Crippen molar-refractivity contribution < 1.29 is 18.3 Å². The lowest BCUT2D eigenvalue weighted by molar-refractivity contribution is -0.136. The van der Waals surface area contributed by atoms with Crippen molar-refractivity contribution in [2.24, 2.45) is 0 Å². The van der Waals surface area contributed by atoms with Crippen LogP contribution in [0.25, 0.3) is 0 Å². The van der Waals surface area contributed by atoms with Crippen LogP contribution in [0, 0.1) is 0 Å². The zero-order valence-corrected chi connectivity index (χ0v) is 13.5. The Morgan fingerprint density at radius 1 is 1.14 bits per heavy atom. The molecule has 0 bridgehead atoms. The monoisotopic (exact) mass is 339 g/mol. The van der Waals surface area contributed by atoms with Crippen molar-refractivity contribution in [2.45, 2.75) is 23.5 Å². The van der Waals surface area contributed by atoms with Crippen LogP contribution in [-0.2, 0) is 27.7 Å². The second-order valence-electron chi connectivity index (χ2n) is 4.78. The van der Waals surface area contributed by atoms with Gasteiger partial charge in [-0.2, -0.15) is 0 Å². The van der Waals surface area contributed by atoms with Crippen LogP contribution in [0.1, 0.15) is 16.9 Å². The highest BCUT2D eigenvalue weighted by Crippen LogP contribution is 2.21. The maximum atomic E-state index is 12.1. The van der Waals surface area contributed by atoms with Crippen molar-refractivity contribution in [1.29, 1.82) is 0 Å². The van der Waals surface area contributed by atoms with Crippen LogP contribution in [0.2, 0.25) is 0 Å². The Labute approximate surface area is 133 Å². The molecular weight excluding hydrogens is 322 g/mol. The first-order valence-corrected chi connectivity index (χ1v) is 9.11. The first-order valence-electron chi connectivity index (χ1n) is 6.81. The summed E-state index contributed by atoms with van der Waals surface area (Å²) in [6, 6.07) is 12.8. The summed E-state index contributed by atoms with van der Waals surface area (Å²) in [4.78, 5) is 11.1. The molecule has 7 heteroatoms. The molecule has 0 atom stereocenters. The molecule has 0 saturated carbocycles. The van der Waals surface area contributed by atoms with Crippen LogP contribution >= 0.6 is 11.3 Å². The van der Waals surface area contributed by atoms with E-state index in [2.05, 4.69) is 4.72 Å². The van der Waals surface area contributed by atoms with Gasteiger partial charge in [-0.05, 0) is 30.5 Å². The molecule has 5 nitrogen and oxygen atoms in total. The number of hydrogen-bond donors (Lipinski definition) is 2. The van der Waals surface area contributed by atoms with E-state index in [0.717, 1.165) is 17.8 Å². The molecule has 2 N–H and O–H groups in total. The molecule has 1 aromatic carbocycles. The second kappa shape index (κ2) is 7.53. The predicted octanol–water partition coefficient (Wildman–Crippen LogP) is 2.29. The minimum atomic E-state index is -3.55. The Hall–Kier alpha value is -1.70. The van der Waals surface area contributed by atoms with Crippen molar-refractivity contribution in [2.75, 3.05) is 6.54 Å². The molecule has 118 valence electrons. The zero-order valence-electron chi connectivity index (χ0n) is 11.9. The van der Waals surface area contributed by atoms with Crippen LogP contribution < -0.4 is 4.72 Å². The highest BCUT2D eigenvalue weighted by atomic mass is 32.2. The molecule has 0 amide bonds. The molecule has 0 aliphatic rings. The third kappa shape index (κ3) is 4.94. The van der Waals surface area contributed by atoms with E-state index in [4.69, 9.17) is 5.11 Å². The first kappa shape index (κ1) is 16.7. The fourth-order valence-electron chi connectivity index (χ4n) is 1.96. The number of thiophene rings is 1. The van der Waals surface area contributed by atoms with Gasteiger partial charge in [-0.3, -0.25) is 4.79 Å². The largest absolute Gasteiger partial charge is 0.481 e. The molecule has 0 aliphatic heterocycles. The number of rotatable bonds is 8. The van der Waals surface area contributed by atoms with Gasteiger partial charge >= 0.3 is 5.97 Å². The molecule has 2 rings (SSSR count). The first-order chi connectivity index (χ1) is 10.5. The quantitative estimate of drug-likeness (QED) is 0.723. The van der Waals surface area contributed by atoms with Crippen LogP contribution in [-0.4, -0.2) is 26.0 Å². The smallest absolute Gasteiger partial charge is 0.308 e. The minimum absolute atomic E-state index is 0.156. The molecule has 1 heterocycles. The Morgan fingerprint density at radius 2 is 1.86 bits per heavy atom. The third-order valence-electron chi connectivity index (χ3n) is 3.00. The maximum Gasteiger partial charge on any atom is 0.308 e. The summed E-state index contributed by atoms with van der Waals surface area (Å²) in [6.07, 6.45) is 1.35. The van der Waals surface area contributed by atoms with E-state index < -0.39 is 16.0 Å². The van der Waals surface area contributed by atoms with Crippen molar-refractivity contribution in [1.82, 2.24) is 4.72 Å². The Balaban J connectivity index is 1.85. The van der Waals surface area contributed by atoms with Gasteiger partial charge in [0.05, 0.1) is 6.42 Å². The number of aliphatic carboxylic acids is 1.